The predicted molar refractivity (Wildman–Crippen MR) is 102 cm³/mol. The fraction of sp³-hybridized carbons (Fsp3) is 0.190. The molecular formula is C21H22N2O3. The molecule has 1 atom stereocenters. The largest absolute Gasteiger partial charge is 0.464 e. The number of carbonyl (C=O) groups is 1. The Morgan fingerprint density at radius 3 is 2.50 bits per heavy atom. The lowest BCUT2D eigenvalue weighted by Crippen LogP contribution is -2.32. The zero-order valence-electron chi connectivity index (χ0n) is 14.8. The lowest BCUT2D eigenvalue weighted by molar-refractivity contribution is 0.175. The molecule has 0 saturated carbocycles. The van der Waals surface area contributed by atoms with Gasteiger partial charge in [0.05, 0.1) is 12.4 Å². The van der Waals surface area contributed by atoms with E-state index in [4.69, 9.17) is 4.42 Å². The van der Waals surface area contributed by atoms with Crippen molar-refractivity contribution in [2.45, 2.75) is 20.0 Å². The van der Waals surface area contributed by atoms with Crippen LogP contribution in [0.3, 0.4) is 0 Å². The van der Waals surface area contributed by atoms with Gasteiger partial charge in [0.15, 0.2) is 0 Å². The van der Waals surface area contributed by atoms with E-state index in [9.17, 15) is 9.90 Å². The lowest BCUT2D eigenvalue weighted by Gasteiger charge is -2.14. The van der Waals surface area contributed by atoms with Gasteiger partial charge in [-0.1, -0.05) is 30.3 Å². The first-order chi connectivity index (χ1) is 12.5. The van der Waals surface area contributed by atoms with Crippen LogP contribution in [0, 0.1) is 13.8 Å². The van der Waals surface area contributed by atoms with E-state index in [1.165, 1.54) is 5.56 Å². The van der Waals surface area contributed by atoms with E-state index < -0.39 is 6.10 Å². The van der Waals surface area contributed by atoms with Crippen molar-refractivity contribution in [1.29, 1.82) is 0 Å². The van der Waals surface area contributed by atoms with Gasteiger partial charge in [0.2, 0.25) is 0 Å². The summed E-state index contributed by atoms with van der Waals surface area (Å²) in [5, 5.41) is 15.7. The molecule has 3 aromatic rings. The Hall–Kier alpha value is -3.05. The third-order valence-corrected chi connectivity index (χ3v) is 4.32. The molecule has 0 saturated heterocycles. The number of anilines is 1. The number of aliphatic hydroxyl groups is 1. The van der Waals surface area contributed by atoms with Crippen molar-refractivity contribution in [2.24, 2.45) is 0 Å². The minimum absolute atomic E-state index is 0.122. The van der Waals surface area contributed by atoms with Gasteiger partial charge in [-0.3, -0.25) is 0 Å². The molecular weight excluding hydrogens is 328 g/mol. The van der Waals surface area contributed by atoms with Gasteiger partial charge in [-0.2, -0.15) is 0 Å². The summed E-state index contributed by atoms with van der Waals surface area (Å²) in [4.78, 5) is 12.0. The predicted octanol–water partition coefficient (Wildman–Crippen LogP) is 4.42. The molecule has 2 aromatic carbocycles. The van der Waals surface area contributed by atoms with Gasteiger partial charge in [0, 0.05) is 17.8 Å². The van der Waals surface area contributed by atoms with Crippen LogP contribution in [0.2, 0.25) is 0 Å². The molecule has 1 heterocycles. The van der Waals surface area contributed by atoms with E-state index in [-0.39, 0.29) is 12.6 Å². The maximum Gasteiger partial charge on any atom is 0.319 e. The molecule has 2 amide bonds. The second-order valence-corrected chi connectivity index (χ2v) is 6.25. The normalized spacial score (nSPS) is 11.8. The molecule has 0 fully saturated rings. The Bertz CT molecular complexity index is 871. The molecule has 1 aromatic heterocycles. The van der Waals surface area contributed by atoms with Crippen LogP contribution in [0.1, 0.15) is 22.8 Å². The third-order valence-electron chi connectivity index (χ3n) is 4.32. The number of benzene rings is 2. The van der Waals surface area contributed by atoms with E-state index >= 15 is 0 Å². The van der Waals surface area contributed by atoms with E-state index in [1.807, 2.05) is 68.4 Å². The summed E-state index contributed by atoms with van der Waals surface area (Å²) in [5.74, 6) is 0.775. The van der Waals surface area contributed by atoms with Crippen LogP contribution in [-0.4, -0.2) is 17.7 Å². The summed E-state index contributed by atoms with van der Waals surface area (Å²) < 4.78 is 5.34. The van der Waals surface area contributed by atoms with Crippen molar-refractivity contribution in [3.63, 3.8) is 0 Å². The highest BCUT2D eigenvalue weighted by Gasteiger charge is 2.11. The number of nitrogens with one attached hydrogen (secondary N) is 2. The molecule has 134 valence electrons. The highest BCUT2D eigenvalue weighted by atomic mass is 16.3. The first-order valence-electron chi connectivity index (χ1n) is 8.47. The van der Waals surface area contributed by atoms with Gasteiger partial charge in [0.25, 0.3) is 0 Å². The second kappa shape index (κ2) is 7.89. The number of furan rings is 1. The SMILES string of the molecule is Cc1ccc(NC(=O)NC[C@H](O)c2ccc(-c3ccco3)cc2)cc1C. The first-order valence-corrected chi connectivity index (χ1v) is 8.47. The molecule has 0 unspecified atom stereocenters. The smallest absolute Gasteiger partial charge is 0.319 e. The van der Waals surface area contributed by atoms with Crippen molar-refractivity contribution in [3.05, 3.63) is 77.6 Å². The van der Waals surface area contributed by atoms with Gasteiger partial charge in [-0.25, -0.2) is 4.79 Å². The van der Waals surface area contributed by atoms with Crippen molar-refractivity contribution < 1.29 is 14.3 Å². The molecule has 0 spiro atoms. The van der Waals surface area contributed by atoms with E-state index in [0.717, 1.165) is 28.1 Å². The van der Waals surface area contributed by atoms with Gasteiger partial charge >= 0.3 is 6.03 Å². The maximum atomic E-state index is 12.0. The molecule has 0 aliphatic carbocycles. The highest BCUT2D eigenvalue weighted by molar-refractivity contribution is 5.89. The fourth-order valence-corrected chi connectivity index (χ4v) is 2.61. The molecule has 3 rings (SSSR count). The van der Waals surface area contributed by atoms with E-state index in [0.29, 0.717) is 0 Å². The topological polar surface area (TPSA) is 74.5 Å². The Labute approximate surface area is 152 Å². The van der Waals surface area contributed by atoms with Crippen LogP contribution in [0.15, 0.2) is 65.3 Å². The average Bonchev–Trinajstić information content (AvgIpc) is 3.18. The molecule has 0 aliphatic heterocycles. The van der Waals surface area contributed by atoms with Crippen molar-refractivity contribution >= 4 is 11.7 Å². The van der Waals surface area contributed by atoms with Crippen LogP contribution in [0.4, 0.5) is 10.5 Å². The number of carbonyl (C=O) groups excluding carboxylic acids is 1. The minimum Gasteiger partial charge on any atom is -0.464 e. The quantitative estimate of drug-likeness (QED) is 0.638. The average molecular weight is 350 g/mol. The van der Waals surface area contributed by atoms with E-state index in [1.54, 1.807) is 6.26 Å². The summed E-state index contributed by atoms with van der Waals surface area (Å²) in [6.45, 7) is 4.14. The van der Waals surface area contributed by atoms with Gasteiger partial charge in [0.1, 0.15) is 5.76 Å². The number of rotatable bonds is 5. The highest BCUT2D eigenvalue weighted by Crippen LogP contribution is 2.22. The van der Waals surface area contributed by atoms with Crippen molar-refractivity contribution in [1.82, 2.24) is 5.32 Å². The van der Waals surface area contributed by atoms with Crippen molar-refractivity contribution in [3.8, 4) is 11.3 Å². The Morgan fingerprint density at radius 1 is 1.08 bits per heavy atom. The lowest BCUT2D eigenvalue weighted by atomic mass is 10.1. The number of urea groups is 1. The Kier molecular flexibility index (Phi) is 5.39. The Balaban J connectivity index is 1.53. The number of amides is 2. The van der Waals surface area contributed by atoms with E-state index in [2.05, 4.69) is 10.6 Å². The fourth-order valence-electron chi connectivity index (χ4n) is 2.61. The third kappa shape index (κ3) is 4.32. The molecule has 5 nitrogen and oxygen atoms in total. The zero-order valence-corrected chi connectivity index (χ0v) is 14.8. The monoisotopic (exact) mass is 350 g/mol. The summed E-state index contributed by atoms with van der Waals surface area (Å²) in [5.41, 5.74) is 4.67. The standard InChI is InChI=1S/C21H22N2O3/c1-14-5-10-18(12-15(14)2)23-21(25)22-13-19(24)16-6-8-17(9-7-16)20-4-3-11-26-20/h3-12,19,24H,13H2,1-2H3,(H2,22,23,25)/t19-/m0/s1. The maximum absolute atomic E-state index is 12.0. The zero-order chi connectivity index (χ0) is 18.5. The number of aliphatic hydroxyl groups excluding tert-OH is 1. The molecule has 0 radical (unpaired) electrons. The van der Waals surface area contributed by atoms with Crippen LogP contribution < -0.4 is 10.6 Å². The molecule has 0 aliphatic rings. The molecule has 5 heteroatoms. The second-order valence-electron chi connectivity index (χ2n) is 6.25. The molecule has 3 N–H and O–H groups in total. The number of hydrogen-bond donors (Lipinski definition) is 3. The van der Waals surface area contributed by atoms with Crippen LogP contribution in [-0.2, 0) is 0 Å². The molecule has 0 bridgehead atoms. The van der Waals surface area contributed by atoms with Gasteiger partial charge in [-0.15, -0.1) is 0 Å². The summed E-state index contributed by atoms with van der Waals surface area (Å²) in [6, 6.07) is 16.5. The number of aryl methyl sites for hydroxylation is 2. The number of hydrogen-bond acceptors (Lipinski definition) is 3. The first kappa shape index (κ1) is 17.8. The molecule has 26 heavy (non-hydrogen) atoms. The van der Waals surface area contributed by atoms with Crippen molar-refractivity contribution in [2.75, 3.05) is 11.9 Å². The van der Waals surface area contributed by atoms with Gasteiger partial charge in [-0.05, 0) is 54.8 Å². The summed E-state index contributed by atoms with van der Waals surface area (Å²) >= 11 is 0. The van der Waals surface area contributed by atoms with Crippen LogP contribution in [0.25, 0.3) is 11.3 Å². The summed E-state index contributed by atoms with van der Waals surface area (Å²) in [7, 11) is 0. The van der Waals surface area contributed by atoms with Crippen LogP contribution >= 0.6 is 0 Å². The minimum atomic E-state index is -0.786. The van der Waals surface area contributed by atoms with Crippen LogP contribution in [0.5, 0.6) is 0 Å². The summed E-state index contributed by atoms with van der Waals surface area (Å²) in [6.07, 6.45) is 0.835. The Morgan fingerprint density at radius 2 is 1.85 bits per heavy atom. The van der Waals surface area contributed by atoms with Gasteiger partial charge < -0.3 is 20.2 Å².